The van der Waals surface area contributed by atoms with Crippen molar-refractivity contribution in [1.29, 1.82) is 0 Å². The van der Waals surface area contributed by atoms with Crippen molar-refractivity contribution >= 4 is 5.94 Å². The van der Waals surface area contributed by atoms with Crippen molar-refractivity contribution < 1.29 is 4.79 Å². The first-order valence-electron chi connectivity index (χ1n) is 3.43. The molecule has 0 bridgehead atoms. The molecule has 0 spiro atoms. The van der Waals surface area contributed by atoms with Crippen LogP contribution >= 0.6 is 0 Å². The first-order valence-corrected chi connectivity index (χ1v) is 3.43. The molecule has 0 radical (unpaired) electrons. The predicted octanol–water partition coefficient (Wildman–Crippen LogP) is 2.20. The Hall–Kier alpha value is -0.550. The van der Waals surface area contributed by atoms with Gasteiger partial charge in [0, 0.05) is 5.57 Å². The zero-order valence-corrected chi connectivity index (χ0v) is 6.40. The summed E-state index contributed by atoms with van der Waals surface area (Å²) in [6.45, 7) is 6.20. The predicted molar refractivity (Wildman–Crippen MR) is 39.0 cm³/mol. The number of carbonyl (C=O) groups excluding carboxylic acids is 1. The molecule has 1 nitrogen and oxygen atoms in total. The molecule has 0 saturated heterocycles. The highest BCUT2D eigenvalue weighted by Gasteiger charge is 1.97. The van der Waals surface area contributed by atoms with Crippen LogP contribution < -0.4 is 0 Å². The van der Waals surface area contributed by atoms with E-state index in [-0.39, 0.29) is 0 Å². The van der Waals surface area contributed by atoms with Crippen LogP contribution in [0.5, 0.6) is 0 Å². The summed E-state index contributed by atoms with van der Waals surface area (Å²) in [6, 6.07) is 0. The van der Waals surface area contributed by atoms with Crippen LogP contribution in [0.2, 0.25) is 0 Å². The van der Waals surface area contributed by atoms with Crippen LogP contribution in [0.1, 0.15) is 33.6 Å². The molecule has 0 aromatic heterocycles. The van der Waals surface area contributed by atoms with E-state index in [1.165, 1.54) is 0 Å². The van der Waals surface area contributed by atoms with Crippen molar-refractivity contribution in [3.05, 3.63) is 5.57 Å². The van der Waals surface area contributed by atoms with Crippen molar-refractivity contribution in [3.8, 4) is 0 Å². The number of hydrogen-bond donors (Lipinski definition) is 0. The molecule has 0 aliphatic carbocycles. The minimum atomic E-state index is 0.585. The number of hydrogen-bond acceptors (Lipinski definition) is 1. The molecule has 0 aromatic rings. The van der Waals surface area contributed by atoms with E-state index in [0.29, 0.717) is 5.92 Å². The van der Waals surface area contributed by atoms with Crippen LogP contribution in [-0.2, 0) is 4.79 Å². The Morgan fingerprint density at radius 1 is 1.56 bits per heavy atom. The molecule has 0 amide bonds. The molecule has 0 heterocycles. The lowest BCUT2D eigenvalue weighted by molar-refractivity contribution is 0.559. The molecule has 0 N–H and O–H groups in total. The van der Waals surface area contributed by atoms with E-state index in [4.69, 9.17) is 0 Å². The second kappa shape index (κ2) is 4.34. The van der Waals surface area contributed by atoms with E-state index >= 15 is 0 Å². The highest BCUT2D eigenvalue weighted by Crippen LogP contribution is 2.09. The summed E-state index contributed by atoms with van der Waals surface area (Å²) in [5.41, 5.74) is 0.907. The minimum absolute atomic E-state index is 0.585. The molecule has 0 rings (SSSR count). The van der Waals surface area contributed by atoms with Gasteiger partial charge >= 0.3 is 0 Å². The minimum Gasteiger partial charge on any atom is -0.234 e. The zero-order valence-electron chi connectivity index (χ0n) is 6.40. The molecule has 0 saturated carbocycles. The molecule has 1 heteroatoms. The first kappa shape index (κ1) is 8.45. The van der Waals surface area contributed by atoms with Gasteiger partial charge in [0.1, 0.15) is 5.94 Å². The van der Waals surface area contributed by atoms with Gasteiger partial charge < -0.3 is 0 Å². The van der Waals surface area contributed by atoms with E-state index in [1.807, 2.05) is 12.9 Å². The Labute approximate surface area is 56.8 Å². The fourth-order valence-corrected chi connectivity index (χ4v) is 0.751. The second-order valence-electron chi connectivity index (χ2n) is 2.66. The third-order valence-corrected chi connectivity index (χ3v) is 1.23. The average Bonchev–Trinajstić information content (AvgIpc) is 1.82. The van der Waals surface area contributed by atoms with Gasteiger partial charge in [-0.15, -0.1) is 0 Å². The van der Waals surface area contributed by atoms with E-state index in [0.717, 1.165) is 18.4 Å². The Balaban J connectivity index is 3.72. The molecule has 0 fully saturated rings. The molecule has 9 heavy (non-hydrogen) atoms. The van der Waals surface area contributed by atoms with Gasteiger partial charge in [0.15, 0.2) is 0 Å². The monoisotopic (exact) mass is 126 g/mol. The second-order valence-corrected chi connectivity index (χ2v) is 2.66. The maximum absolute atomic E-state index is 10.1. The summed E-state index contributed by atoms with van der Waals surface area (Å²) >= 11 is 0. The maximum Gasteiger partial charge on any atom is 0.123 e. The van der Waals surface area contributed by atoms with Gasteiger partial charge in [-0.2, -0.15) is 0 Å². The normalized spacial score (nSPS) is 9.33. The summed E-state index contributed by atoms with van der Waals surface area (Å²) in [4.78, 5) is 10.1. The van der Waals surface area contributed by atoms with Crippen molar-refractivity contribution in [2.24, 2.45) is 5.92 Å². The summed E-state index contributed by atoms with van der Waals surface area (Å²) < 4.78 is 0. The molecular formula is C8H14O. The molecule has 0 aliphatic heterocycles. The summed E-state index contributed by atoms with van der Waals surface area (Å²) in [5.74, 6) is 2.53. The molecule has 0 aromatic carbocycles. The van der Waals surface area contributed by atoms with Crippen molar-refractivity contribution in [3.63, 3.8) is 0 Å². The highest BCUT2D eigenvalue weighted by molar-refractivity contribution is 5.51. The zero-order chi connectivity index (χ0) is 7.28. The topological polar surface area (TPSA) is 17.1 Å². The van der Waals surface area contributed by atoms with Gasteiger partial charge in [-0.25, -0.2) is 4.79 Å². The van der Waals surface area contributed by atoms with Crippen LogP contribution in [0, 0.1) is 5.92 Å². The fourth-order valence-electron chi connectivity index (χ4n) is 0.751. The van der Waals surface area contributed by atoms with Crippen molar-refractivity contribution in [2.45, 2.75) is 33.6 Å². The number of allylic oxidation sites excluding steroid dienone is 1. The summed E-state index contributed by atoms with van der Waals surface area (Å²) in [6.07, 6.45) is 1.75. The van der Waals surface area contributed by atoms with Gasteiger partial charge in [0.2, 0.25) is 0 Å². The lowest BCUT2D eigenvalue weighted by atomic mass is 10.0. The Kier molecular flexibility index (Phi) is 4.08. The average molecular weight is 126 g/mol. The van der Waals surface area contributed by atoms with Crippen LogP contribution in [0.3, 0.4) is 0 Å². The Morgan fingerprint density at radius 3 is 2.22 bits per heavy atom. The van der Waals surface area contributed by atoms with Gasteiger partial charge in [-0.1, -0.05) is 20.8 Å². The van der Waals surface area contributed by atoms with Gasteiger partial charge in [-0.3, -0.25) is 0 Å². The largest absolute Gasteiger partial charge is 0.234 e. The van der Waals surface area contributed by atoms with E-state index in [2.05, 4.69) is 13.8 Å². The smallest absolute Gasteiger partial charge is 0.123 e. The molecular weight excluding hydrogens is 112 g/mol. The lowest BCUT2D eigenvalue weighted by Crippen LogP contribution is -1.90. The van der Waals surface area contributed by atoms with Gasteiger partial charge in [0.25, 0.3) is 0 Å². The molecule has 0 atom stereocenters. The first-order chi connectivity index (χ1) is 4.20. The third-order valence-electron chi connectivity index (χ3n) is 1.23. The standard InChI is InChI=1S/C8H14O/c1-4-8(6-9)5-7(2)3/h7H,4-5H2,1-3H3. The van der Waals surface area contributed by atoms with Gasteiger partial charge in [-0.05, 0) is 18.8 Å². The quantitative estimate of drug-likeness (QED) is 0.530. The highest BCUT2D eigenvalue weighted by atomic mass is 16.1. The number of rotatable bonds is 3. The summed E-state index contributed by atoms with van der Waals surface area (Å²) in [7, 11) is 0. The van der Waals surface area contributed by atoms with Crippen LogP contribution in [0.15, 0.2) is 5.57 Å². The van der Waals surface area contributed by atoms with E-state index in [9.17, 15) is 4.79 Å². The molecule has 0 unspecified atom stereocenters. The van der Waals surface area contributed by atoms with E-state index < -0.39 is 0 Å². The molecule has 52 valence electrons. The molecule has 0 aliphatic rings. The van der Waals surface area contributed by atoms with Crippen LogP contribution in [-0.4, -0.2) is 5.94 Å². The summed E-state index contributed by atoms with van der Waals surface area (Å²) in [5, 5.41) is 0. The van der Waals surface area contributed by atoms with Crippen LogP contribution in [0.25, 0.3) is 0 Å². The van der Waals surface area contributed by atoms with Crippen LogP contribution in [0.4, 0.5) is 0 Å². The van der Waals surface area contributed by atoms with Gasteiger partial charge in [0.05, 0.1) is 0 Å². The van der Waals surface area contributed by atoms with Crippen molar-refractivity contribution in [2.75, 3.05) is 0 Å². The third kappa shape index (κ3) is 3.99. The SMILES string of the molecule is CCC(=C=O)CC(C)C. The van der Waals surface area contributed by atoms with Crippen molar-refractivity contribution in [1.82, 2.24) is 0 Å². The maximum atomic E-state index is 10.1. The lowest BCUT2D eigenvalue weighted by Gasteiger charge is -2.01. The Bertz CT molecular complexity index is 119. The van der Waals surface area contributed by atoms with E-state index in [1.54, 1.807) is 0 Å². The Morgan fingerprint density at radius 2 is 2.11 bits per heavy atom. The fraction of sp³-hybridized carbons (Fsp3) is 0.750.